The number of amides is 1. The van der Waals surface area contributed by atoms with Gasteiger partial charge in [0.05, 0.1) is 5.56 Å². The van der Waals surface area contributed by atoms with E-state index >= 15 is 0 Å². The zero-order valence-corrected chi connectivity index (χ0v) is 16.7. The molecule has 3 aromatic carbocycles. The van der Waals surface area contributed by atoms with Crippen LogP contribution in [-0.2, 0) is 0 Å². The summed E-state index contributed by atoms with van der Waals surface area (Å²) in [5, 5.41) is 1.17. The Morgan fingerprint density at radius 3 is 2.48 bits per heavy atom. The van der Waals surface area contributed by atoms with Gasteiger partial charge in [-0.2, -0.15) is 0 Å². The Labute approximate surface area is 178 Å². The van der Waals surface area contributed by atoms with Crippen molar-refractivity contribution >= 4 is 22.4 Å². The summed E-state index contributed by atoms with van der Waals surface area (Å²) < 4.78 is 28.3. The van der Waals surface area contributed by atoms with E-state index in [0.717, 1.165) is 11.9 Å². The molecular formula is C26H20F2N2O. The number of nitrogens with zero attached hydrogens (tertiary/aromatic N) is 1. The molecule has 1 aliphatic heterocycles. The van der Waals surface area contributed by atoms with Crippen LogP contribution in [0.3, 0.4) is 0 Å². The highest BCUT2D eigenvalue weighted by Gasteiger charge is 2.21. The van der Waals surface area contributed by atoms with E-state index in [0.29, 0.717) is 24.2 Å². The maximum Gasteiger partial charge on any atom is 0.254 e. The number of fused-ring (bicyclic) bond motifs is 1. The monoisotopic (exact) mass is 414 g/mol. The van der Waals surface area contributed by atoms with Crippen LogP contribution in [0.15, 0.2) is 79.0 Å². The fraction of sp³-hybridized carbons (Fsp3) is 0.115. The first kappa shape index (κ1) is 19.2. The Balaban J connectivity index is 1.39. The Bertz CT molecular complexity index is 1300. The van der Waals surface area contributed by atoms with Crippen molar-refractivity contribution in [2.45, 2.75) is 6.42 Å². The van der Waals surface area contributed by atoms with Gasteiger partial charge in [0.2, 0.25) is 0 Å². The number of halogens is 2. The van der Waals surface area contributed by atoms with Crippen LogP contribution in [-0.4, -0.2) is 28.9 Å². The molecule has 0 aliphatic carbocycles. The van der Waals surface area contributed by atoms with Crippen LogP contribution in [0.5, 0.6) is 0 Å². The van der Waals surface area contributed by atoms with E-state index in [9.17, 15) is 13.6 Å². The number of hydrogen-bond donors (Lipinski definition) is 1. The van der Waals surface area contributed by atoms with Gasteiger partial charge in [-0.25, -0.2) is 8.78 Å². The molecule has 5 rings (SSSR count). The topological polar surface area (TPSA) is 36.1 Å². The molecule has 0 radical (unpaired) electrons. The highest BCUT2D eigenvalue weighted by molar-refractivity contribution is 5.97. The third-order valence-corrected chi connectivity index (χ3v) is 5.79. The Morgan fingerprint density at radius 2 is 1.71 bits per heavy atom. The molecular weight excluding hydrogens is 394 g/mol. The molecule has 5 heteroatoms. The third-order valence-electron chi connectivity index (χ3n) is 5.79. The minimum absolute atomic E-state index is 0.114. The summed E-state index contributed by atoms with van der Waals surface area (Å²) in [5.41, 5.74) is 4.13. The largest absolute Gasteiger partial charge is 0.361 e. The van der Waals surface area contributed by atoms with Gasteiger partial charge in [-0.3, -0.25) is 4.79 Å². The van der Waals surface area contributed by atoms with Crippen molar-refractivity contribution in [3.63, 3.8) is 0 Å². The lowest BCUT2D eigenvalue weighted by Gasteiger charge is -2.27. The molecule has 0 fully saturated rings. The van der Waals surface area contributed by atoms with E-state index in [-0.39, 0.29) is 11.5 Å². The van der Waals surface area contributed by atoms with Gasteiger partial charge in [-0.15, -0.1) is 0 Å². The van der Waals surface area contributed by atoms with Gasteiger partial charge in [0.25, 0.3) is 5.91 Å². The zero-order valence-electron chi connectivity index (χ0n) is 16.7. The number of rotatable bonds is 3. The molecule has 0 saturated heterocycles. The van der Waals surface area contributed by atoms with Crippen molar-refractivity contribution in [2.24, 2.45) is 0 Å². The molecule has 1 aromatic heterocycles. The molecule has 154 valence electrons. The SMILES string of the molecule is O=C(c1cccc(-c2c(F)cccc2F)c1)N1CC=C(c2c[nH]c3ccccc23)CC1. The number of carbonyl (C=O) groups is 1. The molecule has 2 heterocycles. The summed E-state index contributed by atoms with van der Waals surface area (Å²) in [5.74, 6) is -1.43. The maximum absolute atomic E-state index is 14.2. The number of H-pyrrole nitrogens is 1. The lowest BCUT2D eigenvalue weighted by atomic mass is 9.98. The Morgan fingerprint density at radius 1 is 0.935 bits per heavy atom. The normalized spacial score (nSPS) is 14.0. The molecule has 0 unspecified atom stereocenters. The highest BCUT2D eigenvalue weighted by atomic mass is 19.1. The molecule has 1 aliphatic rings. The second-order valence-corrected chi connectivity index (χ2v) is 7.66. The average Bonchev–Trinajstić information content (AvgIpc) is 3.23. The van der Waals surface area contributed by atoms with Gasteiger partial charge in [-0.05, 0) is 47.9 Å². The van der Waals surface area contributed by atoms with Crippen LogP contribution in [0.2, 0.25) is 0 Å². The first-order chi connectivity index (χ1) is 15.1. The lowest BCUT2D eigenvalue weighted by molar-refractivity contribution is 0.0773. The van der Waals surface area contributed by atoms with E-state index in [2.05, 4.69) is 17.1 Å². The van der Waals surface area contributed by atoms with Crippen LogP contribution >= 0.6 is 0 Å². The molecule has 31 heavy (non-hydrogen) atoms. The summed E-state index contributed by atoms with van der Waals surface area (Å²) in [7, 11) is 0. The number of benzene rings is 3. The summed E-state index contributed by atoms with van der Waals surface area (Å²) in [6.07, 6.45) is 4.84. The molecule has 3 nitrogen and oxygen atoms in total. The van der Waals surface area contributed by atoms with Crippen molar-refractivity contribution in [3.05, 3.63) is 102 Å². The van der Waals surface area contributed by atoms with Crippen molar-refractivity contribution in [3.8, 4) is 11.1 Å². The predicted molar refractivity (Wildman–Crippen MR) is 119 cm³/mol. The van der Waals surface area contributed by atoms with Gasteiger partial charge in [0.15, 0.2) is 0 Å². The quantitative estimate of drug-likeness (QED) is 0.436. The second-order valence-electron chi connectivity index (χ2n) is 7.66. The van der Waals surface area contributed by atoms with Gasteiger partial charge < -0.3 is 9.88 Å². The minimum atomic E-state index is -0.645. The second kappa shape index (κ2) is 7.84. The standard InChI is InChI=1S/C26H20F2N2O/c27-22-8-4-9-23(28)25(22)18-5-3-6-19(15-18)26(31)30-13-11-17(12-14-30)21-16-29-24-10-2-1-7-20(21)24/h1-11,15-16,29H,12-14H2. The number of para-hydroxylation sites is 1. The molecule has 0 saturated carbocycles. The van der Waals surface area contributed by atoms with Crippen LogP contribution in [0.25, 0.3) is 27.6 Å². The number of aromatic nitrogens is 1. The molecule has 1 N–H and O–H groups in total. The summed E-state index contributed by atoms with van der Waals surface area (Å²) in [4.78, 5) is 18.1. The fourth-order valence-electron chi connectivity index (χ4n) is 4.20. The third kappa shape index (κ3) is 3.52. The van der Waals surface area contributed by atoms with E-state index in [1.807, 2.05) is 24.4 Å². The molecule has 0 bridgehead atoms. The smallest absolute Gasteiger partial charge is 0.254 e. The van der Waals surface area contributed by atoms with Crippen molar-refractivity contribution < 1.29 is 13.6 Å². The van der Waals surface area contributed by atoms with Gasteiger partial charge in [-0.1, -0.05) is 42.5 Å². The van der Waals surface area contributed by atoms with E-state index in [1.54, 1.807) is 29.2 Å². The zero-order chi connectivity index (χ0) is 21.4. The summed E-state index contributed by atoms with van der Waals surface area (Å²) in [6.45, 7) is 1.08. The van der Waals surface area contributed by atoms with E-state index in [1.165, 1.54) is 34.7 Å². The number of hydrogen-bond acceptors (Lipinski definition) is 1. The predicted octanol–water partition coefficient (Wildman–Crippen LogP) is 6.04. The maximum atomic E-state index is 14.2. The van der Waals surface area contributed by atoms with Crippen molar-refractivity contribution in [2.75, 3.05) is 13.1 Å². The van der Waals surface area contributed by atoms with Gasteiger partial charge in [0, 0.05) is 41.3 Å². The lowest BCUT2D eigenvalue weighted by Crippen LogP contribution is -2.34. The van der Waals surface area contributed by atoms with E-state index in [4.69, 9.17) is 0 Å². The van der Waals surface area contributed by atoms with Crippen LogP contribution in [0, 0.1) is 11.6 Å². The fourth-order valence-corrected chi connectivity index (χ4v) is 4.20. The minimum Gasteiger partial charge on any atom is -0.361 e. The first-order valence-corrected chi connectivity index (χ1v) is 10.2. The molecule has 0 atom stereocenters. The van der Waals surface area contributed by atoms with Gasteiger partial charge >= 0.3 is 0 Å². The Kier molecular flexibility index (Phi) is 4.86. The molecule has 4 aromatic rings. The van der Waals surface area contributed by atoms with Crippen LogP contribution < -0.4 is 0 Å². The average molecular weight is 414 g/mol. The summed E-state index contributed by atoms with van der Waals surface area (Å²) >= 11 is 0. The molecule has 1 amide bonds. The van der Waals surface area contributed by atoms with Crippen molar-refractivity contribution in [1.82, 2.24) is 9.88 Å². The van der Waals surface area contributed by atoms with Gasteiger partial charge in [0.1, 0.15) is 11.6 Å². The number of nitrogens with one attached hydrogen (secondary N) is 1. The van der Waals surface area contributed by atoms with E-state index < -0.39 is 11.6 Å². The molecule has 0 spiro atoms. The number of carbonyl (C=O) groups excluding carboxylic acids is 1. The summed E-state index contributed by atoms with van der Waals surface area (Å²) in [6, 6.07) is 18.4. The first-order valence-electron chi connectivity index (χ1n) is 10.2. The number of aromatic amines is 1. The van der Waals surface area contributed by atoms with Crippen LogP contribution in [0.1, 0.15) is 22.3 Å². The van der Waals surface area contributed by atoms with Crippen molar-refractivity contribution in [1.29, 1.82) is 0 Å². The highest BCUT2D eigenvalue weighted by Crippen LogP contribution is 2.30. The Hall–Kier alpha value is -3.73. The van der Waals surface area contributed by atoms with Crippen LogP contribution in [0.4, 0.5) is 8.78 Å².